The largest absolute Gasteiger partial charge is 0.381 e. The molecular weight excluding hydrogens is 545 g/mol. The number of anilines is 1. The maximum Gasteiger partial charge on any atom is 0.234 e. The molecule has 1 saturated carbocycles. The van der Waals surface area contributed by atoms with Crippen molar-refractivity contribution in [2.24, 2.45) is 11.0 Å². The molecule has 4 atom stereocenters. The number of sulfonamides is 1. The first-order valence-corrected chi connectivity index (χ1v) is 15.1. The van der Waals surface area contributed by atoms with Gasteiger partial charge in [0.1, 0.15) is 11.9 Å². The summed E-state index contributed by atoms with van der Waals surface area (Å²) in [6.07, 6.45) is 3.51. The number of carbonyl (C=O) groups is 1. The molecular formula is C27H31ClFN5O4S. The fraction of sp³-hybridized carbons (Fsp3) is 0.519. The van der Waals surface area contributed by atoms with E-state index in [4.69, 9.17) is 16.3 Å². The molecule has 0 spiro atoms. The quantitative estimate of drug-likeness (QED) is 0.166. The fourth-order valence-electron chi connectivity index (χ4n) is 5.53. The van der Waals surface area contributed by atoms with Gasteiger partial charge in [0.2, 0.25) is 15.9 Å². The topological polar surface area (TPSA) is 124 Å². The summed E-state index contributed by atoms with van der Waals surface area (Å²) in [7, 11) is -3.25. The Morgan fingerprint density at radius 2 is 1.90 bits per heavy atom. The second kappa shape index (κ2) is 11.8. The van der Waals surface area contributed by atoms with Crippen LogP contribution < -0.4 is 5.32 Å². The summed E-state index contributed by atoms with van der Waals surface area (Å²) in [6.45, 7) is 1.53. The minimum Gasteiger partial charge on any atom is -0.381 e. The number of azide groups is 1. The SMILES string of the molecule is [N-]=[N+]=N[C@H](C(=O)Nc1cccc(F)c1CCC1C[N@]1S(=O)(=O)C1CC1)[C@@H](c1ccc(Cl)cc1)C1CCOCC1. The summed E-state index contributed by atoms with van der Waals surface area (Å²) in [4.78, 5) is 16.6. The Balaban J connectivity index is 1.35. The number of hydrogen-bond donors (Lipinski definition) is 1. The molecule has 1 aliphatic carbocycles. The van der Waals surface area contributed by atoms with Crippen LogP contribution in [-0.2, 0) is 26.0 Å². The maximum absolute atomic E-state index is 15.0. The molecule has 3 aliphatic rings. The lowest BCUT2D eigenvalue weighted by atomic mass is 9.76. The van der Waals surface area contributed by atoms with E-state index < -0.39 is 33.7 Å². The van der Waals surface area contributed by atoms with Crippen LogP contribution in [0.3, 0.4) is 0 Å². The van der Waals surface area contributed by atoms with Gasteiger partial charge in [0.05, 0.1) is 5.25 Å². The predicted octanol–water partition coefficient (Wildman–Crippen LogP) is 5.42. The van der Waals surface area contributed by atoms with Gasteiger partial charge in [0.25, 0.3) is 0 Å². The van der Waals surface area contributed by atoms with Gasteiger partial charge in [-0.15, -0.1) is 0 Å². The third kappa shape index (κ3) is 6.39. The van der Waals surface area contributed by atoms with E-state index in [1.165, 1.54) is 16.4 Å². The minimum absolute atomic E-state index is 0.0300. The lowest BCUT2D eigenvalue weighted by Gasteiger charge is -2.34. The van der Waals surface area contributed by atoms with Crippen LogP contribution in [0.15, 0.2) is 47.6 Å². The normalized spacial score (nSPS) is 22.9. The van der Waals surface area contributed by atoms with E-state index in [2.05, 4.69) is 15.3 Å². The van der Waals surface area contributed by atoms with Gasteiger partial charge in [0.15, 0.2) is 0 Å². The molecule has 12 heteroatoms. The number of benzene rings is 2. The first-order valence-electron chi connectivity index (χ1n) is 13.3. The van der Waals surface area contributed by atoms with E-state index in [0.717, 1.165) is 5.56 Å². The van der Waals surface area contributed by atoms with Gasteiger partial charge < -0.3 is 10.1 Å². The molecule has 0 radical (unpaired) electrons. The van der Waals surface area contributed by atoms with Crippen LogP contribution in [0, 0.1) is 11.7 Å². The summed E-state index contributed by atoms with van der Waals surface area (Å²) in [6, 6.07) is 10.3. The Morgan fingerprint density at radius 1 is 1.18 bits per heavy atom. The smallest absolute Gasteiger partial charge is 0.234 e. The lowest BCUT2D eigenvalue weighted by Crippen LogP contribution is -2.37. The number of carbonyl (C=O) groups excluding carboxylic acids is 1. The zero-order chi connectivity index (χ0) is 27.6. The molecule has 5 rings (SSSR count). The van der Waals surface area contributed by atoms with Gasteiger partial charge in [-0.1, -0.05) is 34.9 Å². The highest BCUT2D eigenvalue weighted by Crippen LogP contribution is 2.39. The number of rotatable bonds is 11. The Bertz CT molecular complexity index is 1360. The molecule has 208 valence electrons. The summed E-state index contributed by atoms with van der Waals surface area (Å²) in [5.74, 6) is -1.41. The van der Waals surface area contributed by atoms with E-state index >= 15 is 0 Å². The molecule has 2 aliphatic heterocycles. The first kappa shape index (κ1) is 27.9. The van der Waals surface area contributed by atoms with Crippen LogP contribution in [0.4, 0.5) is 10.1 Å². The van der Waals surface area contributed by atoms with Gasteiger partial charge in [-0.05, 0) is 79.8 Å². The zero-order valence-electron chi connectivity index (χ0n) is 21.4. The van der Waals surface area contributed by atoms with E-state index in [0.29, 0.717) is 62.4 Å². The highest BCUT2D eigenvalue weighted by molar-refractivity contribution is 7.90. The molecule has 1 unspecified atom stereocenters. The molecule has 1 N–H and O–H groups in total. The van der Waals surface area contributed by atoms with Crippen molar-refractivity contribution >= 4 is 33.2 Å². The van der Waals surface area contributed by atoms with Gasteiger partial charge >= 0.3 is 0 Å². The Morgan fingerprint density at radius 3 is 2.56 bits per heavy atom. The Hall–Kier alpha value is -2.69. The van der Waals surface area contributed by atoms with E-state index in [1.807, 2.05) is 12.1 Å². The van der Waals surface area contributed by atoms with E-state index in [1.54, 1.807) is 18.2 Å². The predicted molar refractivity (Wildman–Crippen MR) is 146 cm³/mol. The van der Waals surface area contributed by atoms with Gasteiger partial charge in [-0.25, -0.2) is 12.8 Å². The number of amides is 1. The number of nitrogens with zero attached hydrogens (tertiary/aromatic N) is 4. The monoisotopic (exact) mass is 575 g/mol. The molecule has 3 fully saturated rings. The highest BCUT2D eigenvalue weighted by Gasteiger charge is 2.50. The van der Waals surface area contributed by atoms with E-state index in [9.17, 15) is 23.1 Å². The van der Waals surface area contributed by atoms with Crippen LogP contribution >= 0.6 is 11.6 Å². The van der Waals surface area contributed by atoms with Gasteiger partial charge in [0, 0.05) is 52.9 Å². The number of nitrogens with one attached hydrogen (secondary N) is 1. The highest BCUT2D eigenvalue weighted by atomic mass is 35.5. The molecule has 9 nitrogen and oxygen atoms in total. The molecule has 2 saturated heterocycles. The molecule has 2 aromatic rings. The van der Waals surface area contributed by atoms with Crippen molar-refractivity contribution in [2.75, 3.05) is 25.1 Å². The van der Waals surface area contributed by atoms with Crippen LogP contribution in [0.5, 0.6) is 0 Å². The molecule has 2 aromatic carbocycles. The van der Waals surface area contributed by atoms with Crippen molar-refractivity contribution < 1.29 is 22.3 Å². The Kier molecular flexibility index (Phi) is 8.44. The van der Waals surface area contributed by atoms with Crippen molar-refractivity contribution in [3.8, 4) is 0 Å². The van der Waals surface area contributed by atoms with Crippen molar-refractivity contribution in [3.05, 3.63) is 74.9 Å². The fourth-order valence-corrected chi connectivity index (χ4v) is 7.67. The Labute approximate surface area is 232 Å². The number of ether oxygens (including phenoxy) is 1. The van der Waals surface area contributed by atoms with Crippen LogP contribution in [0.2, 0.25) is 5.02 Å². The van der Waals surface area contributed by atoms with Crippen molar-refractivity contribution in [1.29, 1.82) is 0 Å². The number of hydrogen-bond acceptors (Lipinski definition) is 5. The minimum atomic E-state index is -3.25. The van der Waals surface area contributed by atoms with Crippen LogP contribution in [0.1, 0.15) is 49.1 Å². The summed E-state index contributed by atoms with van der Waals surface area (Å²) >= 11 is 6.10. The van der Waals surface area contributed by atoms with E-state index in [-0.39, 0.29) is 29.3 Å². The standard InChI is InChI=1S/C27H31ClFN5O4S/c28-19-6-4-17(5-7-19)25(18-12-14-38-15-13-18)26(32-33-30)27(35)31-24-3-1-2-23(29)22(24)11-8-20-16-34(20)39(36,37)21-9-10-21/h1-7,18,20-21,25-26H,8-16H2,(H,31,35)/t20?,25-,26-,34-/m0/s1. The summed E-state index contributed by atoms with van der Waals surface area (Å²) in [5.41, 5.74) is 10.8. The van der Waals surface area contributed by atoms with Crippen LogP contribution in [0.25, 0.3) is 10.4 Å². The molecule has 1 amide bonds. The third-order valence-corrected chi connectivity index (χ3v) is 10.5. The molecule has 0 bridgehead atoms. The van der Waals surface area contributed by atoms with Gasteiger partial charge in [-0.2, -0.15) is 4.31 Å². The number of halogens is 2. The molecule has 39 heavy (non-hydrogen) atoms. The van der Waals surface area contributed by atoms with Crippen LogP contribution in [-0.4, -0.2) is 55.7 Å². The zero-order valence-corrected chi connectivity index (χ0v) is 23.0. The molecule has 0 aromatic heterocycles. The lowest BCUT2D eigenvalue weighted by molar-refractivity contribution is -0.118. The second-order valence-electron chi connectivity index (χ2n) is 10.4. The van der Waals surface area contributed by atoms with Crippen molar-refractivity contribution in [3.63, 3.8) is 0 Å². The summed E-state index contributed by atoms with van der Waals surface area (Å²) in [5, 5.41) is 7.02. The average Bonchev–Trinajstić information content (AvgIpc) is 3.84. The van der Waals surface area contributed by atoms with Gasteiger partial charge in [-0.3, -0.25) is 4.79 Å². The molecule has 2 heterocycles. The first-order chi connectivity index (χ1) is 18.8. The third-order valence-electron chi connectivity index (χ3n) is 7.85. The average molecular weight is 576 g/mol. The van der Waals surface area contributed by atoms with Crippen molar-refractivity contribution in [2.45, 2.75) is 61.8 Å². The summed E-state index contributed by atoms with van der Waals surface area (Å²) < 4.78 is 46.9. The maximum atomic E-state index is 15.0. The van der Waals surface area contributed by atoms with Crippen molar-refractivity contribution in [1.82, 2.24) is 4.31 Å². The second-order valence-corrected chi connectivity index (χ2v) is 13.0.